The van der Waals surface area contributed by atoms with Crippen LogP contribution in [0, 0.1) is 6.92 Å². The van der Waals surface area contributed by atoms with Crippen LogP contribution in [0.1, 0.15) is 40.7 Å². The maximum absolute atomic E-state index is 13.1. The lowest BCUT2D eigenvalue weighted by Crippen LogP contribution is -2.47. The van der Waals surface area contributed by atoms with Gasteiger partial charge in [0.2, 0.25) is 0 Å². The number of carbonyl (C=O) groups excluding carboxylic acids is 1. The molecule has 1 saturated carbocycles. The third-order valence-electron chi connectivity index (χ3n) is 7.15. The maximum Gasteiger partial charge on any atom is 0.257 e. The largest absolute Gasteiger partial charge is 0.354 e. The standard InChI is InChI=1S/C28H30N6OS/c1-3-24-18(2)36-28(31-24)20-4-5-21-17-30-25(15-22(21)14-20)32-27(35)19-8-9-29-26(16-19)34-12-10-33(11-13-34)23-6-7-23/h4-5,8-9,14-17,23H,3,6-7,10-13H2,1-2H3,(H,30,32,35). The van der Waals surface area contributed by atoms with E-state index in [-0.39, 0.29) is 5.91 Å². The van der Waals surface area contributed by atoms with Crippen LogP contribution in [0.25, 0.3) is 21.3 Å². The molecule has 0 bridgehead atoms. The number of pyridine rings is 2. The lowest BCUT2D eigenvalue weighted by Gasteiger charge is -2.35. The highest BCUT2D eigenvalue weighted by Crippen LogP contribution is 2.31. The molecule has 3 aromatic heterocycles. The summed E-state index contributed by atoms with van der Waals surface area (Å²) in [5.74, 6) is 1.21. The van der Waals surface area contributed by atoms with Crippen LogP contribution >= 0.6 is 11.3 Å². The zero-order valence-electron chi connectivity index (χ0n) is 20.7. The van der Waals surface area contributed by atoms with Crippen molar-refractivity contribution in [2.45, 2.75) is 39.2 Å². The van der Waals surface area contributed by atoms with Gasteiger partial charge in [0, 0.05) is 66.0 Å². The van der Waals surface area contributed by atoms with Crippen LogP contribution in [0.4, 0.5) is 11.6 Å². The van der Waals surface area contributed by atoms with E-state index in [1.54, 1.807) is 29.8 Å². The summed E-state index contributed by atoms with van der Waals surface area (Å²) >= 11 is 1.72. The van der Waals surface area contributed by atoms with Crippen LogP contribution < -0.4 is 10.2 Å². The highest BCUT2D eigenvalue weighted by atomic mass is 32.1. The Kier molecular flexibility index (Phi) is 6.15. The number of aryl methyl sites for hydroxylation is 2. The van der Waals surface area contributed by atoms with Gasteiger partial charge in [0.15, 0.2) is 0 Å². The first-order valence-corrected chi connectivity index (χ1v) is 13.5. The van der Waals surface area contributed by atoms with Crippen LogP contribution in [0.15, 0.2) is 48.8 Å². The number of nitrogens with zero attached hydrogens (tertiary/aromatic N) is 5. The molecule has 2 fully saturated rings. The Labute approximate surface area is 215 Å². The molecule has 0 radical (unpaired) electrons. The monoisotopic (exact) mass is 498 g/mol. The van der Waals surface area contributed by atoms with Gasteiger partial charge in [-0.15, -0.1) is 11.3 Å². The summed E-state index contributed by atoms with van der Waals surface area (Å²) in [6.45, 7) is 8.27. The molecular weight excluding hydrogens is 468 g/mol. The minimum absolute atomic E-state index is 0.179. The van der Waals surface area contributed by atoms with E-state index in [4.69, 9.17) is 4.98 Å². The second-order valence-electron chi connectivity index (χ2n) is 9.62. The first kappa shape index (κ1) is 23.1. The van der Waals surface area contributed by atoms with Gasteiger partial charge in [0.1, 0.15) is 16.6 Å². The third kappa shape index (κ3) is 4.70. The molecule has 0 spiro atoms. The Bertz CT molecular complexity index is 1420. The van der Waals surface area contributed by atoms with Crippen molar-refractivity contribution in [3.63, 3.8) is 0 Å². The molecule has 1 aliphatic heterocycles. The Morgan fingerprint density at radius 3 is 2.64 bits per heavy atom. The van der Waals surface area contributed by atoms with E-state index >= 15 is 0 Å². The lowest BCUT2D eigenvalue weighted by molar-refractivity contribution is 0.102. The molecule has 1 aromatic carbocycles. The van der Waals surface area contributed by atoms with Crippen LogP contribution in [0.5, 0.6) is 0 Å². The molecule has 8 heteroatoms. The summed E-state index contributed by atoms with van der Waals surface area (Å²) in [6, 6.07) is 12.6. The van der Waals surface area contributed by atoms with Crippen molar-refractivity contribution in [2.24, 2.45) is 0 Å². The molecule has 1 aliphatic carbocycles. The predicted molar refractivity (Wildman–Crippen MR) is 146 cm³/mol. The second-order valence-corrected chi connectivity index (χ2v) is 10.8. The first-order valence-electron chi connectivity index (χ1n) is 12.7. The van der Waals surface area contributed by atoms with Crippen molar-refractivity contribution < 1.29 is 4.79 Å². The number of rotatable bonds is 6. The van der Waals surface area contributed by atoms with E-state index in [2.05, 4.69) is 57.1 Å². The van der Waals surface area contributed by atoms with E-state index in [9.17, 15) is 4.79 Å². The first-order chi connectivity index (χ1) is 17.6. The van der Waals surface area contributed by atoms with Crippen molar-refractivity contribution in [3.05, 3.63) is 64.9 Å². The summed E-state index contributed by atoms with van der Waals surface area (Å²) in [6.07, 6.45) is 7.13. The zero-order chi connectivity index (χ0) is 24.6. The Morgan fingerprint density at radius 2 is 1.89 bits per heavy atom. The van der Waals surface area contributed by atoms with E-state index in [0.717, 1.165) is 71.5 Å². The number of amides is 1. The second kappa shape index (κ2) is 9.59. The summed E-state index contributed by atoms with van der Waals surface area (Å²) in [4.78, 5) is 33.0. The van der Waals surface area contributed by atoms with Gasteiger partial charge in [-0.2, -0.15) is 0 Å². The summed E-state index contributed by atoms with van der Waals surface area (Å²) in [7, 11) is 0. The quantitative estimate of drug-likeness (QED) is 0.396. The third-order valence-corrected chi connectivity index (χ3v) is 8.21. The Morgan fingerprint density at radius 1 is 1.06 bits per heavy atom. The van der Waals surface area contributed by atoms with E-state index < -0.39 is 0 Å². The number of hydrogen-bond acceptors (Lipinski definition) is 7. The van der Waals surface area contributed by atoms with Gasteiger partial charge in [0.05, 0.1) is 5.69 Å². The van der Waals surface area contributed by atoms with E-state index in [0.29, 0.717) is 11.4 Å². The Hall–Kier alpha value is -3.36. The van der Waals surface area contributed by atoms with Crippen LogP contribution in [0.2, 0.25) is 0 Å². The molecule has 0 unspecified atom stereocenters. The highest BCUT2D eigenvalue weighted by molar-refractivity contribution is 7.15. The number of thiazole rings is 1. The van der Waals surface area contributed by atoms with E-state index in [1.165, 1.54) is 17.7 Å². The summed E-state index contributed by atoms with van der Waals surface area (Å²) in [5, 5.41) is 6.04. The average molecular weight is 499 g/mol. The van der Waals surface area contributed by atoms with Crippen LogP contribution in [-0.2, 0) is 6.42 Å². The molecule has 4 heterocycles. The predicted octanol–water partition coefficient (Wildman–Crippen LogP) is 5.16. The summed E-state index contributed by atoms with van der Waals surface area (Å²) in [5.41, 5.74) is 2.82. The van der Waals surface area contributed by atoms with Crippen LogP contribution in [0.3, 0.4) is 0 Å². The zero-order valence-corrected chi connectivity index (χ0v) is 21.5. The fourth-order valence-corrected chi connectivity index (χ4v) is 5.90. The number of aromatic nitrogens is 3. The molecule has 36 heavy (non-hydrogen) atoms. The molecular formula is C28H30N6OS. The fraction of sp³-hybridized carbons (Fsp3) is 0.357. The molecule has 1 N–H and O–H groups in total. The van der Waals surface area contributed by atoms with E-state index in [1.807, 2.05) is 12.1 Å². The molecule has 1 amide bonds. The molecule has 0 atom stereocenters. The number of anilines is 2. The topological polar surface area (TPSA) is 74.2 Å². The molecule has 7 nitrogen and oxygen atoms in total. The molecule has 4 aromatic rings. The van der Waals surface area contributed by atoms with Gasteiger partial charge >= 0.3 is 0 Å². The number of carbonyl (C=O) groups is 1. The highest BCUT2D eigenvalue weighted by Gasteiger charge is 2.31. The number of piperazine rings is 1. The van der Waals surface area contributed by atoms with Crippen molar-refractivity contribution in [2.75, 3.05) is 36.4 Å². The smallest absolute Gasteiger partial charge is 0.257 e. The summed E-state index contributed by atoms with van der Waals surface area (Å²) < 4.78 is 0. The fourth-order valence-electron chi connectivity index (χ4n) is 4.90. The normalized spacial score (nSPS) is 16.4. The minimum Gasteiger partial charge on any atom is -0.354 e. The maximum atomic E-state index is 13.1. The Balaban J connectivity index is 1.18. The molecule has 1 saturated heterocycles. The number of nitrogens with one attached hydrogen (secondary N) is 1. The van der Waals surface area contributed by atoms with Crippen molar-refractivity contribution in [1.82, 2.24) is 19.9 Å². The van der Waals surface area contributed by atoms with Gasteiger partial charge in [-0.05, 0) is 55.8 Å². The lowest BCUT2D eigenvalue weighted by atomic mass is 10.1. The van der Waals surface area contributed by atoms with Crippen LogP contribution in [-0.4, -0.2) is 58.0 Å². The van der Waals surface area contributed by atoms with Gasteiger partial charge in [-0.3, -0.25) is 9.69 Å². The van der Waals surface area contributed by atoms with Crippen molar-refractivity contribution in [3.8, 4) is 10.6 Å². The van der Waals surface area contributed by atoms with Gasteiger partial charge < -0.3 is 10.2 Å². The molecule has 2 aliphatic rings. The number of benzene rings is 1. The van der Waals surface area contributed by atoms with Crippen molar-refractivity contribution >= 4 is 39.7 Å². The molecule has 6 rings (SSSR count). The average Bonchev–Trinajstić information content (AvgIpc) is 3.70. The number of fused-ring (bicyclic) bond motifs is 1. The van der Waals surface area contributed by atoms with Gasteiger partial charge in [-0.25, -0.2) is 15.0 Å². The van der Waals surface area contributed by atoms with Gasteiger partial charge in [0.25, 0.3) is 5.91 Å². The molecule has 184 valence electrons. The van der Waals surface area contributed by atoms with Crippen molar-refractivity contribution in [1.29, 1.82) is 0 Å². The number of hydrogen-bond donors (Lipinski definition) is 1. The van der Waals surface area contributed by atoms with Gasteiger partial charge in [-0.1, -0.05) is 19.1 Å². The minimum atomic E-state index is -0.179. The SMILES string of the molecule is CCc1nc(-c2ccc3cnc(NC(=O)c4ccnc(N5CCN(C6CC6)CC5)c4)cc3c2)sc1C.